The molecule has 0 saturated heterocycles. The fourth-order valence-corrected chi connectivity index (χ4v) is 4.91. The number of alkyl halides is 3. The summed E-state index contributed by atoms with van der Waals surface area (Å²) in [6.45, 7) is 5.45. The van der Waals surface area contributed by atoms with E-state index in [9.17, 15) is 22.8 Å². The van der Waals surface area contributed by atoms with Crippen LogP contribution in [0, 0.1) is 13.8 Å². The first-order chi connectivity index (χ1) is 21.0. The molecule has 0 aliphatic heterocycles. The number of nitrogens with zero attached hydrogens (tertiary/aromatic N) is 2. The van der Waals surface area contributed by atoms with Gasteiger partial charge in [0.2, 0.25) is 0 Å². The highest BCUT2D eigenvalue weighted by molar-refractivity contribution is 7.09. The molecule has 0 fully saturated rings. The van der Waals surface area contributed by atoms with Crippen LogP contribution >= 0.6 is 11.3 Å². The van der Waals surface area contributed by atoms with Gasteiger partial charge in [-0.3, -0.25) is 9.59 Å². The number of thiazole rings is 1. The normalized spacial score (nSPS) is 10.9. The van der Waals surface area contributed by atoms with Crippen molar-refractivity contribution in [1.82, 2.24) is 20.5 Å². The first-order valence-electron chi connectivity index (χ1n) is 14.0. The Morgan fingerprint density at radius 2 is 1.68 bits per heavy atom. The van der Waals surface area contributed by atoms with Crippen LogP contribution in [0.3, 0.4) is 0 Å². The Morgan fingerprint density at radius 3 is 2.30 bits per heavy atom. The van der Waals surface area contributed by atoms with E-state index in [1.54, 1.807) is 25.2 Å². The van der Waals surface area contributed by atoms with Gasteiger partial charge in [-0.25, -0.2) is 4.98 Å². The van der Waals surface area contributed by atoms with E-state index in [1.165, 1.54) is 41.0 Å². The molecule has 3 aromatic carbocycles. The van der Waals surface area contributed by atoms with Gasteiger partial charge in [-0.1, -0.05) is 54.1 Å². The van der Waals surface area contributed by atoms with E-state index in [0.29, 0.717) is 42.9 Å². The molecule has 7 nitrogen and oxygen atoms in total. The molecule has 44 heavy (non-hydrogen) atoms. The summed E-state index contributed by atoms with van der Waals surface area (Å²) in [7, 11) is 3.13. The van der Waals surface area contributed by atoms with Gasteiger partial charge in [0.05, 0.1) is 19.2 Å². The molecular weight excluding hydrogens is 589 g/mol. The minimum Gasteiger partial charge on any atom is -0.497 e. The third kappa shape index (κ3) is 11.1. The second-order valence-corrected chi connectivity index (χ2v) is 11.1. The maximum atomic E-state index is 13.0. The van der Waals surface area contributed by atoms with Gasteiger partial charge >= 0.3 is 6.18 Å². The van der Waals surface area contributed by atoms with Gasteiger partial charge in [0, 0.05) is 42.3 Å². The number of carbonyl (C=O) groups is 2. The minimum absolute atomic E-state index is 0.264. The summed E-state index contributed by atoms with van der Waals surface area (Å²) < 4.78 is 43.8. The highest BCUT2D eigenvalue weighted by atomic mass is 32.1. The highest BCUT2D eigenvalue weighted by Crippen LogP contribution is 2.29. The molecule has 1 aromatic heterocycles. The van der Waals surface area contributed by atoms with Crippen molar-refractivity contribution in [2.24, 2.45) is 0 Å². The molecule has 0 radical (unpaired) electrons. The van der Waals surface area contributed by atoms with Crippen LogP contribution in [-0.4, -0.2) is 48.9 Å². The second-order valence-electron chi connectivity index (χ2n) is 10.1. The van der Waals surface area contributed by atoms with E-state index in [2.05, 4.69) is 34.7 Å². The molecule has 0 bridgehead atoms. The third-order valence-corrected chi connectivity index (χ3v) is 7.33. The number of rotatable bonds is 11. The number of ether oxygens (including phenoxy) is 1. The lowest BCUT2D eigenvalue weighted by molar-refractivity contribution is -0.137. The summed E-state index contributed by atoms with van der Waals surface area (Å²) in [6, 6.07) is 20.1. The number of nitrogens with one attached hydrogen (secondary N) is 2. The number of aryl methyl sites for hydroxylation is 2. The average Bonchev–Trinajstić information content (AvgIpc) is 3.42. The largest absolute Gasteiger partial charge is 0.497 e. The number of methoxy groups -OCH3 is 1. The molecule has 4 rings (SSSR count). The van der Waals surface area contributed by atoms with Crippen molar-refractivity contribution >= 4 is 23.2 Å². The van der Waals surface area contributed by atoms with Gasteiger partial charge < -0.3 is 20.3 Å². The lowest BCUT2D eigenvalue weighted by Crippen LogP contribution is -2.29. The SMILES string of the molecule is COc1cc(C(=O)NCCCNCc2cccc(C(F)(F)F)c2)cc(C(=O)N(C)Cc2nc(C)cs2)c1.Cc1ccccc1. The third-order valence-electron chi connectivity index (χ3n) is 6.38. The molecule has 11 heteroatoms. The molecule has 2 amide bonds. The number of amides is 2. The van der Waals surface area contributed by atoms with Crippen LogP contribution in [0.25, 0.3) is 0 Å². The van der Waals surface area contributed by atoms with Crippen molar-refractivity contribution in [3.63, 3.8) is 0 Å². The summed E-state index contributed by atoms with van der Waals surface area (Å²) in [5.41, 5.74) is 2.68. The number of aromatic nitrogens is 1. The predicted octanol–water partition coefficient (Wildman–Crippen LogP) is 6.66. The van der Waals surface area contributed by atoms with Gasteiger partial charge in [-0.2, -0.15) is 13.2 Å². The Labute approximate surface area is 260 Å². The zero-order valence-electron chi connectivity index (χ0n) is 25.2. The van der Waals surface area contributed by atoms with Crippen molar-refractivity contribution in [2.45, 2.75) is 39.5 Å². The number of hydrogen-bond donors (Lipinski definition) is 2. The Morgan fingerprint density at radius 1 is 0.955 bits per heavy atom. The van der Waals surface area contributed by atoms with Crippen molar-refractivity contribution in [3.05, 3.63) is 117 Å². The number of carbonyl (C=O) groups excluding carboxylic acids is 2. The average molecular weight is 627 g/mol. The molecule has 0 spiro atoms. The Bertz CT molecular complexity index is 1510. The number of halogens is 3. The molecule has 0 unspecified atom stereocenters. The van der Waals surface area contributed by atoms with Gasteiger partial charge in [0.1, 0.15) is 10.8 Å². The Hall–Kier alpha value is -4.22. The molecule has 1 heterocycles. The summed E-state index contributed by atoms with van der Waals surface area (Å²) >= 11 is 1.48. The first kappa shape index (κ1) is 34.3. The Balaban J connectivity index is 0.000000662. The fourth-order valence-electron chi connectivity index (χ4n) is 4.08. The molecule has 0 saturated carbocycles. The minimum atomic E-state index is -4.37. The lowest BCUT2D eigenvalue weighted by Gasteiger charge is -2.17. The van der Waals surface area contributed by atoms with E-state index >= 15 is 0 Å². The van der Waals surface area contributed by atoms with Gasteiger partial charge in [0.15, 0.2) is 0 Å². The maximum absolute atomic E-state index is 13.0. The molecule has 4 aromatic rings. The van der Waals surface area contributed by atoms with Gasteiger partial charge in [-0.05, 0) is 56.6 Å². The van der Waals surface area contributed by atoms with Crippen LogP contribution in [0.15, 0.2) is 78.2 Å². The topological polar surface area (TPSA) is 83.6 Å². The van der Waals surface area contributed by atoms with Gasteiger partial charge in [0.25, 0.3) is 11.8 Å². The fraction of sp³-hybridized carbons (Fsp3) is 0.303. The predicted molar refractivity (Wildman–Crippen MR) is 167 cm³/mol. The maximum Gasteiger partial charge on any atom is 0.416 e. The molecular formula is C33H37F3N4O3S. The van der Waals surface area contributed by atoms with E-state index in [-0.39, 0.29) is 23.9 Å². The summed E-state index contributed by atoms with van der Waals surface area (Å²) in [5.74, 6) is -0.235. The van der Waals surface area contributed by atoms with Crippen molar-refractivity contribution in [2.75, 3.05) is 27.2 Å². The van der Waals surface area contributed by atoms with E-state index in [4.69, 9.17) is 4.74 Å². The van der Waals surface area contributed by atoms with Crippen LogP contribution in [0.4, 0.5) is 13.2 Å². The zero-order valence-corrected chi connectivity index (χ0v) is 26.0. The van der Waals surface area contributed by atoms with Crippen molar-refractivity contribution < 1.29 is 27.5 Å². The molecule has 234 valence electrons. The summed E-state index contributed by atoms with van der Waals surface area (Å²) in [4.78, 5) is 31.6. The van der Waals surface area contributed by atoms with E-state index in [1.807, 2.05) is 30.5 Å². The first-order valence-corrected chi connectivity index (χ1v) is 14.9. The zero-order chi connectivity index (χ0) is 32.1. The summed E-state index contributed by atoms with van der Waals surface area (Å²) in [6.07, 6.45) is -3.81. The Kier molecular flexibility index (Phi) is 12.9. The van der Waals surface area contributed by atoms with Crippen molar-refractivity contribution in [3.8, 4) is 5.75 Å². The summed E-state index contributed by atoms with van der Waals surface area (Å²) in [5, 5.41) is 8.61. The lowest BCUT2D eigenvalue weighted by atomic mass is 10.1. The number of hydrogen-bond acceptors (Lipinski definition) is 6. The smallest absolute Gasteiger partial charge is 0.416 e. The van der Waals surface area contributed by atoms with Crippen LogP contribution < -0.4 is 15.4 Å². The quantitative estimate of drug-likeness (QED) is 0.182. The molecule has 0 atom stereocenters. The highest BCUT2D eigenvalue weighted by Gasteiger charge is 2.30. The van der Waals surface area contributed by atoms with E-state index in [0.717, 1.165) is 22.8 Å². The monoisotopic (exact) mass is 626 g/mol. The molecule has 0 aliphatic rings. The second kappa shape index (κ2) is 16.6. The van der Waals surface area contributed by atoms with Crippen molar-refractivity contribution in [1.29, 1.82) is 0 Å². The standard InChI is InChI=1S/C26H29F3N4O3S.C7H8/c1-17-16-37-23(32-17)15-33(2)25(35)20-11-19(12-22(13-20)36-3)24(34)31-9-5-8-30-14-18-6-4-7-21(10-18)26(27,28)29;1-7-5-3-2-4-6-7/h4,6-7,10-13,16,30H,5,8-9,14-15H2,1-3H3,(H,31,34);2-6H,1H3. The number of benzene rings is 3. The van der Waals surface area contributed by atoms with Crippen LogP contribution in [-0.2, 0) is 19.3 Å². The van der Waals surface area contributed by atoms with Crippen LogP contribution in [0.1, 0.15) is 54.5 Å². The molecule has 0 aliphatic carbocycles. The van der Waals surface area contributed by atoms with Crippen LogP contribution in [0.5, 0.6) is 5.75 Å². The van der Waals surface area contributed by atoms with Gasteiger partial charge in [-0.15, -0.1) is 11.3 Å². The van der Waals surface area contributed by atoms with Crippen LogP contribution in [0.2, 0.25) is 0 Å². The van der Waals surface area contributed by atoms with E-state index < -0.39 is 11.7 Å². The molecule has 2 N–H and O–H groups in total.